The number of anilines is 1. The zero-order valence-corrected chi connectivity index (χ0v) is 14.2. The van der Waals surface area contributed by atoms with Crippen molar-refractivity contribution >= 4 is 11.6 Å². The van der Waals surface area contributed by atoms with Crippen molar-refractivity contribution in [1.29, 1.82) is 0 Å². The summed E-state index contributed by atoms with van der Waals surface area (Å²) in [5.74, 6) is 0.449. The number of pyridine rings is 1. The van der Waals surface area contributed by atoms with E-state index in [1.807, 2.05) is 32.0 Å². The molecule has 1 amide bonds. The van der Waals surface area contributed by atoms with Gasteiger partial charge in [-0.25, -0.2) is 0 Å². The maximum Gasteiger partial charge on any atom is 0.251 e. The molecule has 0 saturated heterocycles. The van der Waals surface area contributed by atoms with Gasteiger partial charge in [0, 0.05) is 24.9 Å². The zero-order valence-electron chi connectivity index (χ0n) is 14.2. The molecule has 0 unspecified atom stereocenters. The maximum atomic E-state index is 12.3. The summed E-state index contributed by atoms with van der Waals surface area (Å²) in [5.41, 5.74) is 3.24. The predicted molar refractivity (Wildman–Crippen MR) is 93.3 cm³/mol. The van der Waals surface area contributed by atoms with Gasteiger partial charge in [0.05, 0.1) is 5.56 Å². The Morgan fingerprint density at radius 1 is 1.12 bits per heavy atom. The van der Waals surface area contributed by atoms with E-state index in [9.17, 15) is 9.59 Å². The van der Waals surface area contributed by atoms with E-state index in [4.69, 9.17) is 4.42 Å². The number of nitrogens with one attached hydrogen (secondary N) is 1. The number of amides is 1. The summed E-state index contributed by atoms with van der Waals surface area (Å²) in [6.07, 6.45) is 1.54. The van der Waals surface area contributed by atoms with Crippen molar-refractivity contribution in [3.8, 4) is 11.5 Å². The van der Waals surface area contributed by atoms with Gasteiger partial charge < -0.3 is 14.3 Å². The molecule has 7 nitrogen and oxygen atoms in total. The summed E-state index contributed by atoms with van der Waals surface area (Å²) in [5, 5.41) is 10.5. The van der Waals surface area contributed by atoms with Crippen LogP contribution in [-0.4, -0.2) is 20.7 Å². The quantitative estimate of drug-likeness (QED) is 0.789. The molecule has 2 heterocycles. The van der Waals surface area contributed by atoms with Crippen LogP contribution in [0.25, 0.3) is 11.5 Å². The van der Waals surface area contributed by atoms with E-state index < -0.39 is 0 Å². The smallest absolute Gasteiger partial charge is 0.251 e. The van der Waals surface area contributed by atoms with Crippen LogP contribution >= 0.6 is 0 Å². The van der Waals surface area contributed by atoms with E-state index in [2.05, 4.69) is 15.5 Å². The Morgan fingerprint density at radius 3 is 2.60 bits per heavy atom. The average Bonchev–Trinajstić information content (AvgIpc) is 2.99. The third-order valence-electron chi connectivity index (χ3n) is 3.86. The van der Waals surface area contributed by atoms with Gasteiger partial charge in [0.1, 0.15) is 6.54 Å². The molecule has 0 radical (unpaired) electrons. The normalized spacial score (nSPS) is 10.7. The summed E-state index contributed by atoms with van der Waals surface area (Å²) >= 11 is 0. The molecule has 0 saturated carbocycles. The lowest BCUT2D eigenvalue weighted by atomic mass is 10.1. The lowest BCUT2D eigenvalue weighted by Gasteiger charge is -2.09. The Labute approximate surface area is 144 Å². The molecule has 7 heteroatoms. The largest absolute Gasteiger partial charge is 0.421 e. The van der Waals surface area contributed by atoms with Crippen molar-refractivity contribution in [2.24, 2.45) is 0 Å². The maximum absolute atomic E-state index is 12.3. The van der Waals surface area contributed by atoms with Crippen LogP contribution in [0.3, 0.4) is 0 Å². The van der Waals surface area contributed by atoms with Crippen LogP contribution in [0.15, 0.2) is 45.7 Å². The number of nitrogens with zero attached hydrogens (tertiary/aromatic N) is 3. The molecule has 0 aliphatic carbocycles. The lowest BCUT2D eigenvalue weighted by Crippen LogP contribution is -2.26. The van der Waals surface area contributed by atoms with Crippen LogP contribution in [0.2, 0.25) is 0 Å². The van der Waals surface area contributed by atoms with Gasteiger partial charge in [-0.3, -0.25) is 9.59 Å². The van der Waals surface area contributed by atoms with E-state index in [0.29, 0.717) is 23.0 Å². The number of rotatable bonds is 4. The number of hydrogen-bond acceptors (Lipinski definition) is 5. The summed E-state index contributed by atoms with van der Waals surface area (Å²) in [6, 6.07) is 8.63. The second-order valence-electron chi connectivity index (χ2n) is 5.86. The number of hydrogen-bond donors (Lipinski definition) is 1. The molecule has 0 bridgehead atoms. The molecule has 3 rings (SSSR count). The first-order chi connectivity index (χ1) is 11.9. The van der Waals surface area contributed by atoms with Crippen LogP contribution in [0.5, 0.6) is 0 Å². The fraction of sp³-hybridized carbons (Fsp3) is 0.222. The molecular weight excluding hydrogens is 320 g/mol. The van der Waals surface area contributed by atoms with Crippen molar-refractivity contribution in [3.63, 3.8) is 0 Å². The van der Waals surface area contributed by atoms with E-state index in [1.54, 1.807) is 13.0 Å². The highest BCUT2D eigenvalue weighted by Crippen LogP contribution is 2.16. The molecule has 0 fully saturated rings. The summed E-state index contributed by atoms with van der Waals surface area (Å²) in [4.78, 5) is 24.3. The highest BCUT2D eigenvalue weighted by molar-refractivity contribution is 5.90. The Bertz CT molecular complexity index is 988. The molecule has 25 heavy (non-hydrogen) atoms. The molecule has 128 valence electrons. The highest BCUT2D eigenvalue weighted by atomic mass is 16.4. The van der Waals surface area contributed by atoms with Gasteiger partial charge in [-0.05, 0) is 43.2 Å². The number of carbonyl (C=O) groups is 1. The fourth-order valence-electron chi connectivity index (χ4n) is 2.37. The topological polar surface area (TPSA) is 90.0 Å². The third kappa shape index (κ3) is 3.82. The minimum absolute atomic E-state index is 0.104. The van der Waals surface area contributed by atoms with Crippen molar-refractivity contribution in [1.82, 2.24) is 14.8 Å². The average molecular weight is 338 g/mol. The Balaban J connectivity index is 1.78. The predicted octanol–water partition coefficient (Wildman–Crippen LogP) is 2.46. The summed E-state index contributed by atoms with van der Waals surface area (Å²) < 4.78 is 6.66. The van der Waals surface area contributed by atoms with Gasteiger partial charge >= 0.3 is 0 Å². The zero-order chi connectivity index (χ0) is 18.0. The van der Waals surface area contributed by atoms with E-state index >= 15 is 0 Å². The first-order valence-corrected chi connectivity index (χ1v) is 7.80. The Kier molecular flexibility index (Phi) is 4.47. The molecule has 2 aromatic heterocycles. The number of aryl methyl sites for hydroxylation is 3. The van der Waals surface area contributed by atoms with Crippen LogP contribution in [0, 0.1) is 20.8 Å². The van der Waals surface area contributed by atoms with Gasteiger partial charge in [0.15, 0.2) is 0 Å². The molecule has 0 aliphatic rings. The van der Waals surface area contributed by atoms with Crippen LogP contribution in [0.1, 0.15) is 17.0 Å². The van der Waals surface area contributed by atoms with Gasteiger partial charge in [0.2, 0.25) is 17.7 Å². The number of carbonyl (C=O) groups excluding carboxylic acids is 1. The van der Waals surface area contributed by atoms with E-state index in [0.717, 1.165) is 11.1 Å². The number of benzene rings is 1. The van der Waals surface area contributed by atoms with E-state index in [-0.39, 0.29) is 18.0 Å². The van der Waals surface area contributed by atoms with Gasteiger partial charge in [-0.1, -0.05) is 6.07 Å². The van der Waals surface area contributed by atoms with Crippen molar-refractivity contribution in [2.75, 3.05) is 5.32 Å². The standard InChI is InChI=1S/C18H18N4O3/c1-11-4-6-15(8-12(11)2)19-16(23)10-22-9-14(5-7-17(22)24)18-21-20-13(3)25-18/h4-9H,10H2,1-3H3,(H,19,23). The van der Waals surface area contributed by atoms with Gasteiger partial charge in [-0.15, -0.1) is 10.2 Å². The first-order valence-electron chi connectivity index (χ1n) is 7.80. The van der Waals surface area contributed by atoms with Crippen molar-refractivity contribution in [2.45, 2.75) is 27.3 Å². The Morgan fingerprint density at radius 2 is 1.92 bits per heavy atom. The van der Waals surface area contributed by atoms with Crippen molar-refractivity contribution < 1.29 is 9.21 Å². The lowest BCUT2D eigenvalue weighted by molar-refractivity contribution is -0.116. The van der Waals surface area contributed by atoms with E-state index in [1.165, 1.54) is 16.8 Å². The second kappa shape index (κ2) is 6.72. The third-order valence-corrected chi connectivity index (χ3v) is 3.86. The SMILES string of the molecule is Cc1nnc(-c2ccc(=O)n(CC(=O)Nc3ccc(C)c(C)c3)c2)o1. The fourth-order valence-corrected chi connectivity index (χ4v) is 2.37. The van der Waals surface area contributed by atoms with Crippen LogP contribution in [-0.2, 0) is 11.3 Å². The van der Waals surface area contributed by atoms with Gasteiger partial charge in [0.25, 0.3) is 5.56 Å². The molecule has 0 spiro atoms. The van der Waals surface area contributed by atoms with Gasteiger partial charge in [-0.2, -0.15) is 0 Å². The summed E-state index contributed by atoms with van der Waals surface area (Å²) in [7, 11) is 0. The van der Waals surface area contributed by atoms with Crippen molar-refractivity contribution in [3.05, 3.63) is 63.9 Å². The monoisotopic (exact) mass is 338 g/mol. The molecule has 1 aromatic carbocycles. The first kappa shape index (κ1) is 16.6. The molecule has 0 atom stereocenters. The molecule has 0 aliphatic heterocycles. The Hall–Kier alpha value is -3.22. The molecular formula is C18H18N4O3. The van der Waals surface area contributed by atoms with Crippen LogP contribution < -0.4 is 10.9 Å². The highest BCUT2D eigenvalue weighted by Gasteiger charge is 2.10. The minimum atomic E-state index is -0.288. The summed E-state index contributed by atoms with van der Waals surface area (Å²) in [6.45, 7) is 5.56. The molecule has 1 N–H and O–H groups in total. The van der Waals surface area contributed by atoms with Crippen LogP contribution in [0.4, 0.5) is 5.69 Å². The minimum Gasteiger partial charge on any atom is -0.421 e. The molecule has 3 aromatic rings. The second-order valence-corrected chi connectivity index (χ2v) is 5.86. The number of aromatic nitrogens is 3.